The molecule has 1 aromatic heterocycles. The SMILES string of the molecule is O=CCCn1cnc([N+](=O)[O-])n1. The molecular formula is C5H6N4O3. The Morgan fingerprint density at radius 2 is 2.50 bits per heavy atom. The lowest BCUT2D eigenvalue weighted by Crippen LogP contribution is -1.99. The molecule has 7 nitrogen and oxygen atoms in total. The highest BCUT2D eigenvalue weighted by atomic mass is 16.6. The molecule has 1 rings (SSSR count). The van der Waals surface area contributed by atoms with Gasteiger partial charge in [0.05, 0.1) is 6.54 Å². The molecule has 0 aliphatic heterocycles. The number of aryl methyl sites for hydroxylation is 1. The molecule has 0 bridgehead atoms. The number of nitro groups is 1. The second-order valence-electron chi connectivity index (χ2n) is 2.02. The zero-order chi connectivity index (χ0) is 8.97. The molecule has 0 amide bonds. The summed E-state index contributed by atoms with van der Waals surface area (Å²) >= 11 is 0. The van der Waals surface area contributed by atoms with Gasteiger partial charge in [0.2, 0.25) is 6.33 Å². The van der Waals surface area contributed by atoms with Gasteiger partial charge >= 0.3 is 5.95 Å². The summed E-state index contributed by atoms with van der Waals surface area (Å²) in [6.45, 7) is 0.324. The van der Waals surface area contributed by atoms with Gasteiger partial charge in [-0.2, -0.15) is 4.68 Å². The molecule has 7 heteroatoms. The van der Waals surface area contributed by atoms with Crippen LogP contribution in [-0.4, -0.2) is 26.0 Å². The zero-order valence-electron chi connectivity index (χ0n) is 6.08. The van der Waals surface area contributed by atoms with Crippen molar-refractivity contribution in [2.45, 2.75) is 13.0 Å². The average Bonchev–Trinajstić information content (AvgIpc) is 2.48. The Hall–Kier alpha value is -1.79. The summed E-state index contributed by atoms with van der Waals surface area (Å²) in [5, 5.41) is 13.6. The van der Waals surface area contributed by atoms with Crippen molar-refractivity contribution < 1.29 is 9.72 Å². The molecular weight excluding hydrogens is 164 g/mol. The Labute approximate surface area is 67.2 Å². The highest BCUT2D eigenvalue weighted by molar-refractivity contribution is 5.48. The van der Waals surface area contributed by atoms with Crippen molar-refractivity contribution in [2.24, 2.45) is 0 Å². The molecule has 1 aromatic rings. The summed E-state index contributed by atoms with van der Waals surface area (Å²) in [6, 6.07) is 0. The highest BCUT2D eigenvalue weighted by Crippen LogP contribution is 1.99. The second-order valence-corrected chi connectivity index (χ2v) is 2.02. The number of hydrogen-bond acceptors (Lipinski definition) is 5. The monoisotopic (exact) mass is 170 g/mol. The molecule has 0 spiro atoms. The third-order valence-electron chi connectivity index (χ3n) is 1.16. The van der Waals surface area contributed by atoms with Gasteiger partial charge in [-0.05, 0) is 4.92 Å². The smallest absolute Gasteiger partial charge is 0.390 e. The molecule has 0 N–H and O–H groups in total. The summed E-state index contributed by atoms with van der Waals surface area (Å²) in [4.78, 5) is 22.7. The topological polar surface area (TPSA) is 90.9 Å². The summed E-state index contributed by atoms with van der Waals surface area (Å²) in [6.07, 6.45) is 2.22. The number of carbonyl (C=O) groups is 1. The third kappa shape index (κ3) is 1.84. The number of nitrogens with zero attached hydrogens (tertiary/aromatic N) is 4. The van der Waals surface area contributed by atoms with Crippen LogP contribution in [0.25, 0.3) is 0 Å². The van der Waals surface area contributed by atoms with Gasteiger partial charge < -0.3 is 14.9 Å². The Morgan fingerprint density at radius 1 is 1.75 bits per heavy atom. The molecule has 64 valence electrons. The van der Waals surface area contributed by atoms with E-state index in [2.05, 4.69) is 10.1 Å². The van der Waals surface area contributed by atoms with E-state index < -0.39 is 10.9 Å². The standard InChI is InChI=1S/C5H6N4O3/c10-3-1-2-8-4-6-5(7-8)9(11)12/h3-4H,1-2H2. The van der Waals surface area contributed by atoms with Crippen molar-refractivity contribution in [3.8, 4) is 0 Å². The predicted octanol–water partition coefficient (Wildman–Crippen LogP) is -0.225. The number of aromatic nitrogens is 3. The van der Waals surface area contributed by atoms with E-state index in [0.717, 1.165) is 0 Å². The maximum absolute atomic E-state index is 10.1. The molecule has 0 aromatic carbocycles. The molecule has 0 atom stereocenters. The van der Waals surface area contributed by atoms with Gasteiger partial charge in [-0.25, -0.2) is 0 Å². The van der Waals surface area contributed by atoms with Crippen molar-refractivity contribution in [3.05, 3.63) is 16.4 Å². The molecule has 0 aliphatic carbocycles. The van der Waals surface area contributed by atoms with E-state index >= 15 is 0 Å². The van der Waals surface area contributed by atoms with Crippen molar-refractivity contribution in [2.75, 3.05) is 0 Å². The van der Waals surface area contributed by atoms with E-state index in [4.69, 9.17) is 0 Å². The minimum Gasteiger partial charge on any atom is -0.390 e. The van der Waals surface area contributed by atoms with Gasteiger partial charge in [-0.15, -0.1) is 0 Å². The normalized spacial score (nSPS) is 9.67. The van der Waals surface area contributed by atoms with Crippen molar-refractivity contribution in [1.82, 2.24) is 14.8 Å². The first kappa shape index (κ1) is 8.31. The molecule has 0 saturated carbocycles. The van der Waals surface area contributed by atoms with E-state index in [-0.39, 0.29) is 6.42 Å². The van der Waals surface area contributed by atoms with Gasteiger partial charge in [-0.1, -0.05) is 4.98 Å². The minimum absolute atomic E-state index is 0.278. The molecule has 0 radical (unpaired) electrons. The third-order valence-corrected chi connectivity index (χ3v) is 1.16. The van der Waals surface area contributed by atoms with Crippen molar-refractivity contribution in [3.63, 3.8) is 0 Å². The Balaban J connectivity index is 2.64. The van der Waals surface area contributed by atoms with Crippen LogP contribution in [-0.2, 0) is 11.3 Å². The average molecular weight is 170 g/mol. The lowest BCUT2D eigenvalue weighted by molar-refractivity contribution is -0.394. The first-order valence-electron chi connectivity index (χ1n) is 3.21. The van der Waals surface area contributed by atoms with Crippen LogP contribution in [0.1, 0.15) is 6.42 Å². The van der Waals surface area contributed by atoms with Gasteiger partial charge in [0, 0.05) is 11.5 Å². The van der Waals surface area contributed by atoms with Crippen LogP contribution in [0.2, 0.25) is 0 Å². The predicted molar refractivity (Wildman–Crippen MR) is 37.4 cm³/mol. The van der Waals surface area contributed by atoms with Crippen LogP contribution in [0.15, 0.2) is 6.33 Å². The van der Waals surface area contributed by atoms with Gasteiger partial charge in [0.1, 0.15) is 6.29 Å². The molecule has 0 unspecified atom stereocenters. The van der Waals surface area contributed by atoms with E-state index in [0.29, 0.717) is 12.8 Å². The molecule has 12 heavy (non-hydrogen) atoms. The van der Waals surface area contributed by atoms with Crippen LogP contribution in [0, 0.1) is 10.1 Å². The minimum atomic E-state index is -0.683. The fourth-order valence-electron chi connectivity index (χ4n) is 0.661. The van der Waals surface area contributed by atoms with Gasteiger partial charge in [-0.3, -0.25) is 0 Å². The zero-order valence-corrected chi connectivity index (χ0v) is 6.08. The van der Waals surface area contributed by atoms with Crippen LogP contribution < -0.4 is 0 Å². The fraction of sp³-hybridized carbons (Fsp3) is 0.400. The number of carbonyl (C=O) groups excluding carboxylic acids is 1. The second kappa shape index (κ2) is 3.56. The Bertz CT molecular complexity index is 295. The summed E-state index contributed by atoms with van der Waals surface area (Å²) < 4.78 is 1.26. The van der Waals surface area contributed by atoms with E-state index in [1.807, 2.05) is 0 Å². The van der Waals surface area contributed by atoms with Gasteiger partial charge in [0.25, 0.3) is 0 Å². The first-order valence-corrected chi connectivity index (χ1v) is 3.21. The van der Waals surface area contributed by atoms with Crippen LogP contribution in [0.3, 0.4) is 0 Å². The van der Waals surface area contributed by atoms with E-state index in [1.54, 1.807) is 0 Å². The molecule has 0 fully saturated rings. The first-order chi connectivity index (χ1) is 5.74. The fourth-order valence-corrected chi connectivity index (χ4v) is 0.661. The Morgan fingerprint density at radius 3 is 3.00 bits per heavy atom. The largest absolute Gasteiger partial charge is 0.490 e. The summed E-state index contributed by atoms with van der Waals surface area (Å²) in [5.41, 5.74) is 0. The van der Waals surface area contributed by atoms with Crippen LogP contribution >= 0.6 is 0 Å². The quantitative estimate of drug-likeness (QED) is 0.353. The number of rotatable bonds is 4. The van der Waals surface area contributed by atoms with E-state index in [1.165, 1.54) is 11.0 Å². The summed E-state index contributed by atoms with van der Waals surface area (Å²) in [7, 11) is 0. The maximum atomic E-state index is 10.1. The highest BCUT2D eigenvalue weighted by Gasteiger charge is 2.11. The molecule has 0 aliphatic rings. The Kier molecular flexibility index (Phi) is 2.46. The van der Waals surface area contributed by atoms with Crippen molar-refractivity contribution >= 4 is 12.2 Å². The van der Waals surface area contributed by atoms with Crippen LogP contribution in [0.5, 0.6) is 0 Å². The van der Waals surface area contributed by atoms with Crippen molar-refractivity contribution in [1.29, 1.82) is 0 Å². The van der Waals surface area contributed by atoms with E-state index in [9.17, 15) is 14.9 Å². The summed E-state index contributed by atoms with van der Waals surface area (Å²) in [5.74, 6) is -0.444. The lowest BCUT2D eigenvalue weighted by atomic mass is 10.5. The van der Waals surface area contributed by atoms with Crippen LogP contribution in [0.4, 0.5) is 5.95 Å². The number of hydrogen-bond donors (Lipinski definition) is 0. The maximum Gasteiger partial charge on any atom is 0.490 e. The lowest BCUT2D eigenvalue weighted by Gasteiger charge is -1.87. The number of aldehydes is 1. The molecule has 1 heterocycles. The molecule has 0 saturated heterocycles. The van der Waals surface area contributed by atoms with Gasteiger partial charge in [0.15, 0.2) is 0 Å².